The first-order valence-corrected chi connectivity index (χ1v) is 6.67. The van der Waals surface area contributed by atoms with Crippen molar-refractivity contribution in [2.75, 3.05) is 13.6 Å². The summed E-state index contributed by atoms with van der Waals surface area (Å²) in [5.41, 5.74) is 0.750. The topological polar surface area (TPSA) is 57.6 Å². The Labute approximate surface area is 113 Å². The highest BCUT2D eigenvalue weighted by atomic mass is 16.4. The van der Waals surface area contributed by atoms with Gasteiger partial charge in [0.1, 0.15) is 0 Å². The fourth-order valence-electron chi connectivity index (χ4n) is 2.64. The lowest BCUT2D eigenvalue weighted by Crippen LogP contribution is -2.31. The van der Waals surface area contributed by atoms with Crippen molar-refractivity contribution in [3.05, 3.63) is 35.4 Å². The molecule has 0 bridgehead atoms. The Bertz CT molecular complexity index is 461. The third kappa shape index (κ3) is 3.34. The van der Waals surface area contributed by atoms with Crippen LogP contribution in [0.5, 0.6) is 0 Å². The van der Waals surface area contributed by atoms with Crippen molar-refractivity contribution in [2.24, 2.45) is 5.92 Å². The second-order valence-corrected chi connectivity index (χ2v) is 5.22. The zero-order valence-electron chi connectivity index (χ0n) is 11.1. The number of hydrogen-bond acceptors (Lipinski definition) is 2. The van der Waals surface area contributed by atoms with Gasteiger partial charge in [0, 0.05) is 19.2 Å². The van der Waals surface area contributed by atoms with E-state index in [0.29, 0.717) is 11.5 Å². The molecule has 102 valence electrons. The van der Waals surface area contributed by atoms with Crippen LogP contribution in [-0.4, -0.2) is 35.5 Å². The van der Waals surface area contributed by atoms with Gasteiger partial charge in [-0.1, -0.05) is 12.8 Å². The number of benzene rings is 1. The fourth-order valence-corrected chi connectivity index (χ4v) is 2.64. The van der Waals surface area contributed by atoms with Crippen LogP contribution >= 0.6 is 0 Å². The number of nitrogens with zero attached hydrogens (tertiary/aromatic N) is 1. The molecule has 1 aliphatic rings. The predicted octanol–water partition coefficient (Wildman–Crippen LogP) is 2.65. The van der Waals surface area contributed by atoms with Crippen LogP contribution in [0.15, 0.2) is 24.3 Å². The normalized spacial score (nSPS) is 15.4. The van der Waals surface area contributed by atoms with E-state index < -0.39 is 5.97 Å². The Balaban J connectivity index is 1.99. The van der Waals surface area contributed by atoms with E-state index in [4.69, 9.17) is 5.11 Å². The van der Waals surface area contributed by atoms with Gasteiger partial charge in [-0.2, -0.15) is 0 Å². The highest BCUT2D eigenvalue weighted by Gasteiger charge is 2.20. The Kier molecular flexibility index (Phi) is 4.20. The van der Waals surface area contributed by atoms with Crippen LogP contribution in [0.4, 0.5) is 0 Å². The van der Waals surface area contributed by atoms with Gasteiger partial charge in [-0.25, -0.2) is 4.79 Å². The van der Waals surface area contributed by atoms with Gasteiger partial charge in [-0.05, 0) is 43.0 Å². The standard InChI is InChI=1S/C15H19NO3/c1-16(10-11-4-2-3-5-11)14(17)12-6-8-13(9-7-12)15(18)19/h6-9,11H,2-5,10H2,1H3,(H,18,19). The molecule has 0 heterocycles. The van der Waals surface area contributed by atoms with E-state index in [9.17, 15) is 9.59 Å². The first kappa shape index (κ1) is 13.6. The van der Waals surface area contributed by atoms with Crippen LogP contribution in [-0.2, 0) is 0 Å². The molecule has 1 aliphatic carbocycles. The minimum Gasteiger partial charge on any atom is -0.478 e. The average molecular weight is 261 g/mol. The highest BCUT2D eigenvalue weighted by molar-refractivity contribution is 5.95. The van der Waals surface area contributed by atoms with Crippen LogP contribution in [0.25, 0.3) is 0 Å². The lowest BCUT2D eigenvalue weighted by molar-refractivity contribution is 0.0694. The summed E-state index contributed by atoms with van der Waals surface area (Å²) in [6.07, 6.45) is 4.94. The van der Waals surface area contributed by atoms with Gasteiger partial charge in [0.05, 0.1) is 5.56 Å². The largest absolute Gasteiger partial charge is 0.478 e. The third-order valence-electron chi connectivity index (χ3n) is 3.73. The number of hydrogen-bond donors (Lipinski definition) is 1. The van der Waals surface area contributed by atoms with E-state index in [1.165, 1.54) is 37.8 Å². The Morgan fingerprint density at radius 3 is 2.21 bits per heavy atom. The van der Waals surface area contributed by atoms with Crippen LogP contribution in [0.1, 0.15) is 46.4 Å². The lowest BCUT2D eigenvalue weighted by atomic mass is 10.1. The Hall–Kier alpha value is -1.84. The second kappa shape index (κ2) is 5.87. The maximum atomic E-state index is 12.2. The molecule has 0 spiro atoms. The quantitative estimate of drug-likeness (QED) is 0.906. The maximum Gasteiger partial charge on any atom is 0.335 e. The maximum absolute atomic E-state index is 12.2. The number of aromatic carboxylic acids is 1. The molecule has 0 atom stereocenters. The molecule has 1 fully saturated rings. The van der Waals surface area contributed by atoms with Gasteiger partial charge in [-0.15, -0.1) is 0 Å². The number of carbonyl (C=O) groups excluding carboxylic acids is 1. The van der Waals surface area contributed by atoms with Crippen molar-refractivity contribution in [3.63, 3.8) is 0 Å². The summed E-state index contributed by atoms with van der Waals surface area (Å²) in [6.45, 7) is 0.791. The third-order valence-corrected chi connectivity index (χ3v) is 3.73. The molecule has 0 saturated heterocycles. The summed E-state index contributed by atoms with van der Waals surface area (Å²) >= 11 is 0. The van der Waals surface area contributed by atoms with Gasteiger partial charge in [-0.3, -0.25) is 4.79 Å². The number of carbonyl (C=O) groups is 2. The molecule has 2 rings (SSSR count). The van der Waals surface area contributed by atoms with Crippen LogP contribution < -0.4 is 0 Å². The monoisotopic (exact) mass is 261 g/mol. The molecule has 1 aromatic carbocycles. The van der Waals surface area contributed by atoms with Crippen molar-refractivity contribution in [1.82, 2.24) is 4.90 Å². The van der Waals surface area contributed by atoms with E-state index >= 15 is 0 Å². The van der Waals surface area contributed by atoms with Crippen LogP contribution in [0.2, 0.25) is 0 Å². The zero-order chi connectivity index (χ0) is 13.8. The molecule has 0 unspecified atom stereocenters. The minimum absolute atomic E-state index is 0.0381. The molecule has 1 N–H and O–H groups in total. The Morgan fingerprint density at radius 1 is 1.16 bits per heavy atom. The van der Waals surface area contributed by atoms with Crippen molar-refractivity contribution in [2.45, 2.75) is 25.7 Å². The van der Waals surface area contributed by atoms with Crippen molar-refractivity contribution in [3.8, 4) is 0 Å². The number of rotatable bonds is 4. The van der Waals surface area contributed by atoms with Crippen molar-refractivity contribution < 1.29 is 14.7 Å². The molecule has 4 heteroatoms. The summed E-state index contributed by atoms with van der Waals surface area (Å²) in [4.78, 5) is 24.7. The minimum atomic E-state index is -0.974. The SMILES string of the molecule is CN(CC1CCCC1)C(=O)c1ccc(C(=O)O)cc1. The molecule has 1 saturated carbocycles. The smallest absolute Gasteiger partial charge is 0.335 e. The molecular weight excluding hydrogens is 242 g/mol. The van der Waals surface area contributed by atoms with E-state index in [0.717, 1.165) is 6.54 Å². The van der Waals surface area contributed by atoms with Gasteiger partial charge >= 0.3 is 5.97 Å². The second-order valence-electron chi connectivity index (χ2n) is 5.22. The van der Waals surface area contributed by atoms with Crippen molar-refractivity contribution >= 4 is 11.9 Å². The van der Waals surface area contributed by atoms with Crippen LogP contribution in [0, 0.1) is 5.92 Å². The van der Waals surface area contributed by atoms with E-state index in [2.05, 4.69) is 0 Å². The molecule has 0 aliphatic heterocycles. The van der Waals surface area contributed by atoms with Gasteiger partial charge in [0.15, 0.2) is 0 Å². The average Bonchev–Trinajstić information content (AvgIpc) is 2.90. The predicted molar refractivity (Wildman–Crippen MR) is 72.3 cm³/mol. The first-order chi connectivity index (χ1) is 9.08. The molecule has 0 radical (unpaired) electrons. The molecule has 19 heavy (non-hydrogen) atoms. The molecule has 4 nitrogen and oxygen atoms in total. The van der Waals surface area contributed by atoms with Gasteiger partial charge < -0.3 is 10.0 Å². The van der Waals surface area contributed by atoms with E-state index in [1.54, 1.807) is 17.0 Å². The first-order valence-electron chi connectivity index (χ1n) is 6.67. The summed E-state index contributed by atoms with van der Waals surface area (Å²) in [5.74, 6) is -0.394. The molecule has 0 aromatic heterocycles. The highest BCUT2D eigenvalue weighted by Crippen LogP contribution is 2.25. The summed E-state index contributed by atoms with van der Waals surface area (Å²) < 4.78 is 0. The summed E-state index contributed by atoms with van der Waals surface area (Å²) in [6, 6.07) is 6.10. The molecule has 1 amide bonds. The zero-order valence-corrected chi connectivity index (χ0v) is 11.1. The lowest BCUT2D eigenvalue weighted by Gasteiger charge is -2.21. The Morgan fingerprint density at radius 2 is 1.68 bits per heavy atom. The number of carboxylic acid groups (broad SMARTS) is 1. The van der Waals surface area contributed by atoms with E-state index in [1.807, 2.05) is 7.05 Å². The fraction of sp³-hybridized carbons (Fsp3) is 0.467. The summed E-state index contributed by atoms with van der Waals surface area (Å²) in [5, 5.41) is 8.82. The number of carboxylic acids is 1. The van der Waals surface area contributed by atoms with Gasteiger partial charge in [0.2, 0.25) is 0 Å². The number of amides is 1. The molecule has 1 aromatic rings. The van der Waals surface area contributed by atoms with Gasteiger partial charge in [0.25, 0.3) is 5.91 Å². The van der Waals surface area contributed by atoms with Crippen LogP contribution in [0.3, 0.4) is 0 Å². The summed E-state index contributed by atoms with van der Waals surface area (Å²) in [7, 11) is 1.81. The van der Waals surface area contributed by atoms with Crippen molar-refractivity contribution in [1.29, 1.82) is 0 Å². The van der Waals surface area contributed by atoms with E-state index in [-0.39, 0.29) is 11.5 Å². The molecular formula is C15H19NO3.